The molecule has 0 bridgehead atoms. The summed E-state index contributed by atoms with van der Waals surface area (Å²) in [5.74, 6) is -0.309. The highest BCUT2D eigenvalue weighted by molar-refractivity contribution is 7.82. The molecule has 0 unspecified atom stereocenters. The minimum absolute atomic E-state index is 0.309. The van der Waals surface area contributed by atoms with E-state index in [0.717, 1.165) is 6.42 Å². The summed E-state index contributed by atoms with van der Waals surface area (Å²) in [7, 11) is 0. The Morgan fingerprint density at radius 1 is 1.38 bits per heavy atom. The zero-order chi connectivity index (χ0) is 12.4. The van der Waals surface area contributed by atoms with E-state index in [1.54, 1.807) is 19.9 Å². The van der Waals surface area contributed by atoms with Crippen molar-refractivity contribution in [2.75, 3.05) is 6.61 Å². The molecule has 0 aliphatic heterocycles. The number of unbranched alkanes of at least 4 members (excludes halogenated alkanes) is 2. The lowest BCUT2D eigenvalue weighted by molar-refractivity contribution is -0.144. The Labute approximate surface area is 104 Å². The summed E-state index contributed by atoms with van der Waals surface area (Å²) >= 11 is 4.26. The first-order chi connectivity index (χ1) is 7.54. The third kappa shape index (κ3) is 6.72. The lowest BCUT2D eigenvalue weighted by atomic mass is 10.1. The van der Waals surface area contributed by atoms with Crippen LogP contribution in [0, 0.1) is 0 Å². The van der Waals surface area contributed by atoms with Crippen molar-refractivity contribution in [3.8, 4) is 0 Å². The average molecular weight is 242 g/mol. The van der Waals surface area contributed by atoms with E-state index < -0.39 is 4.75 Å². The zero-order valence-corrected chi connectivity index (χ0v) is 11.3. The van der Waals surface area contributed by atoms with Crippen molar-refractivity contribution < 1.29 is 9.53 Å². The Kier molecular flexibility index (Phi) is 8.08. The second-order valence-electron chi connectivity index (χ2n) is 3.80. The highest BCUT2D eigenvalue weighted by Gasteiger charge is 2.26. The van der Waals surface area contributed by atoms with E-state index in [2.05, 4.69) is 25.6 Å². The minimum atomic E-state index is -0.842. The van der Waals surface area contributed by atoms with E-state index in [4.69, 9.17) is 4.74 Å². The van der Waals surface area contributed by atoms with E-state index in [0.29, 0.717) is 6.61 Å². The van der Waals surface area contributed by atoms with Crippen LogP contribution in [0.15, 0.2) is 24.3 Å². The molecular weight excluding hydrogens is 220 g/mol. The van der Waals surface area contributed by atoms with Crippen molar-refractivity contribution in [3.63, 3.8) is 0 Å². The van der Waals surface area contributed by atoms with Crippen LogP contribution >= 0.6 is 12.6 Å². The fourth-order valence-corrected chi connectivity index (χ4v) is 1.24. The van der Waals surface area contributed by atoms with Crippen molar-refractivity contribution in [1.29, 1.82) is 0 Å². The van der Waals surface area contributed by atoms with Gasteiger partial charge < -0.3 is 4.74 Å². The molecule has 0 aliphatic rings. The molecule has 3 heteroatoms. The Hall–Kier alpha value is -0.700. The molecule has 0 rings (SSSR count). The van der Waals surface area contributed by atoms with Gasteiger partial charge in [0, 0.05) is 0 Å². The summed E-state index contributed by atoms with van der Waals surface area (Å²) < 4.78 is 4.07. The summed E-state index contributed by atoms with van der Waals surface area (Å²) in [6.45, 7) is 6.06. The van der Waals surface area contributed by atoms with Crippen molar-refractivity contribution >= 4 is 18.6 Å². The molecule has 0 aromatic rings. The van der Waals surface area contributed by atoms with Gasteiger partial charge in [-0.15, -0.1) is 0 Å². The van der Waals surface area contributed by atoms with Crippen LogP contribution in [0.3, 0.4) is 0 Å². The number of hydrogen-bond donors (Lipinski definition) is 1. The predicted molar refractivity (Wildman–Crippen MR) is 71.8 cm³/mol. The molecule has 0 saturated carbocycles. The normalized spacial score (nSPS) is 15.5. The molecule has 1 atom stereocenters. The van der Waals surface area contributed by atoms with E-state index in [1.165, 1.54) is 12.8 Å². The Morgan fingerprint density at radius 2 is 2.06 bits per heavy atom. The number of hydrogen-bond acceptors (Lipinski definition) is 3. The molecule has 92 valence electrons. The molecule has 0 radical (unpaired) electrons. The quantitative estimate of drug-likeness (QED) is 0.320. The molecule has 2 nitrogen and oxygen atoms in total. The van der Waals surface area contributed by atoms with Crippen LogP contribution in [0.5, 0.6) is 0 Å². The summed E-state index contributed by atoms with van der Waals surface area (Å²) in [6, 6.07) is 0. The van der Waals surface area contributed by atoms with Gasteiger partial charge in [0.05, 0.1) is 6.61 Å². The number of carbonyl (C=O) groups excluding carboxylic acids is 1. The molecule has 0 aromatic heterocycles. The lowest BCUT2D eigenvalue weighted by Gasteiger charge is -2.16. The van der Waals surface area contributed by atoms with Crippen LogP contribution in [0.1, 0.15) is 40.0 Å². The molecule has 0 N–H and O–H groups in total. The first-order valence-corrected chi connectivity index (χ1v) is 6.23. The molecule has 0 heterocycles. The third-order valence-electron chi connectivity index (χ3n) is 2.08. The second kappa shape index (κ2) is 8.45. The van der Waals surface area contributed by atoms with Crippen LogP contribution in [0.25, 0.3) is 0 Å². The maximum absolute atomic E-state index is 11.5. The van der Waals surface area contributed by atoms with Gasteiger partial charge in [-0.05, 0) is 20.3 Å². The van der Waals surface area contributed by atoms with Gasteiger partial charge >= 0.3 is 5.97 Å². The number of allylic oxidation sites excluding steroid dienone is 3. The van der Waals surface area contributed by atoms with E-state index in [9.17, 15) is 4.79 Å². The lowest BCUT2D eigenvalue weighted by Crippen LogP contribution is -2.28. The topological polar surface area (TPSA) is 26.3 Å². The van der Waals surface area contributed by atoms with E-state index >= 15 is 0 Å². The second-order valence-corrected chi connectivity index (χ2v) is 4.73. The highest BCUT2D eigenvalue weighted by atomic mass is 32.1. The molecule has 16 heavy (non-hydrogen) atoms. The van der Waals surface area contributed by atoms with Crippen LogP contribution in [0.4, 0.5) is 0 Å². The van der Waals surface area contributed by atoms with Crippen LogP contribution in [0.2, 0.25) is 0 Å². The molecule has 0 aromatic carbocycles. The standard InChI is InChI=1S/C13H22O2S/c1-4-6-7-8-9-10-11-13(3,16)12(14)15-5-2/h8-11,16H,4-7H2,1-3H3/b9-8+,11-10+/t13-/m1/s1. The molecule has 0 spiro atoms. The Balaban J connectivity index is 4.09. The van der Waals surface area contributed by atoms with Gasteiger partial charge in [-0.1, -0.05) is 44.1 Å². The highest BCUT2D eigenvalue weighted by Crippen LogP contribution is 2.17. The first-order valence-electron chi connectivity index (χ1n) is 5.78. The van der Waals surface area contributed by atoms with Crippen molar-refractivity contribution in [3.05, 3.63) is 24.3 Å². The van der Waals surface area contributed by atoms with E-state index in [1.807, 2.05) is 12.2 Å². The molecule has 0 fully saturated rings. The van der Waals surface area contributed by atoms with Crippen LogP contribution < -0.4 is 0 Å². The molecule has 0 saturated heterocycles. The van der Waals surface area contributed by atoms with Crippen molar-refractivity contribution in [1.82, 2.24) is 0 Å². The van der Waals surface area contributed by atoms with Gasteiger partial charge in [-0.3, -0.25) is 4.79 Å². The predicted octanol–water partition coefficient (Wildman–Crippen LogP) is 3.54. The first kappa shape index (κ1) is 15.3. The molecular formula is C13H22O2S. The van der Waals surface area contributed by atoms with Gasteiger partial charge in [0.2, 0.25) is 0 Å². The fraction of sp³-hybridized carbons (Fsp3) is 0.615. The van der Waals surface area contributed by atoms with Crippen LogP contribution in [-0.4, -0.2) is 17.3 Å². The van der Waals surface area contributed by atoms with Gasteiger partial charge in [0.25, 0.3) is 0 Å². The number of carbonyl (C=O) groups is 1. The monoisotopic (exact) mass is 242 g/mol. The van der Waals surface area contributed by atoms with Crippen molar-refractivity contribution in [2.24, 2.45) is 0 Å². The average Bonchev–Trinajstić information content (AvgIpc) is 2.23. The minimum Gasteiger partial charge on any atom is -0.465 e. The van der Waals surface area contributed by atoms with Gasteiger partial charge in [-0.25, -0.2) is 0 Å². The van der Waals surface area contributed by atoms with Gasteiger partial charge in [0.1, 0.15) is 4.75 Å². The third-order valence-corrected chi connectivity index (χ3v) is 2.41. The summed E-state index contributed by atoms with van der Waals surface area (Å²) in [4.78, 5) is 11.5. The number of thiol groups is 1. The molecule has 0 amide bonds. The maximum Gasteiger partial charge on any atom is 0.325 e. The number of ether oxygens (including phenoxy) is 1. The maximum atomic E-state index is 11.5. The Bertz CT molecular complexity index is 255. The summed E-state index contributed by atoms with van der Waals surface area (Å²) in [5, 5.41) is 0. The zero-order valence-electron chi connectivity index (χ0n) is 10.4. The van der Waals surface area contributed by atoms with Crippen molar-refractivity contribution in [2.45, 2.75) is 44.8 Å². The smallest absolute Gasteiger partial charge is 0.325 e. The largest absolute Gasteiger partial charge is 0.465 e. The fourth-order valence-electron chi connectivity index (χ4n) is 1.08. The SMILES string of the molecule is CCCC/C=C/C=C/[C@@](C)(S)C(=O)OCC. The number of esters is 1. The van der Waals surface area contributed by atoms with Gasteiger partial charge in [0.15, 0.2) is 0 Å². The summed E-state index contributed by atoms with van der Waals surface area (Å²) in [5.41, 5.74) is 0. The van der Waals surface area contributed by atoms with Gasteiger partial charge in [-0.2, -0.15) is 12.6 Å². The van der Waals surface area contributed by atoms with Crippen LogP contribution in [-0.2, 0) is 9.53 Å². The molecule has 0 aliphatic carbocycles. The van der Waals surface area contributed by atoms with E-state index in [-0.39, 0.29) is 5.97 Å². The number of rotatable bonds is 7. The summed E-state index contributed by atoms with van der Waals surface area (Å²) in [6.07, 6.45) is 11.1. The Morgan fingerprint density at radius 3 is 2.62 bits per heavy atom.